The van der Waals surface area contributed by atoms with Crippen LogP contribution in [0, 0.1) is 0 Å². The van der Waals surface area contributed by atoms with Crippen LogP contribution in [0.4, 0.5) is 0 Å². The molecule has 0 amide bonds. The molecule has 3 rings (SSSR count). The molecule has 0 radical (unpaired) electrons. The fraction of sp³-hybridized carbons (Fsp3) is 0.167. The Balaban J connectivity index is 1.93. The van der Waals surface area contributed by atoms with Gasteiger partial charge in [0.2, 0.25) is 11.0 Å². The molecule has 7 heteroatoms. The van der Waals surface area contributed by atoms with Crippen LogP contribution >= 0.6 is 23.4 Å². The molecule has 0 saturated carbocycles. The molecule has 0 spiro atoms. The van der Waals surface area contributed by atoms with Crippen LogP contribution in [0.25, 0.3) is 5.70 Å². The fourth-order valence-corrected chi connectivity index (χ4v) is 2.67. The molecular formula is C12H13ClN5S+. The molecule has 19 heavy (non-hydrogen) atoms. The molecule has 0 fully saturated rings. The van der Waals surface area contributed by atoms with Crippen molar-refractivity contribution in [2.24, 2.45) is 0 Å². The normalized spacial score (nSPS) is 15.4. The lowest BCUT2D eigenvalue weighted by atomic mass is 10.2. The maximum absolute atomic E-state index is 5.90. The Morgan fingerprint density at radius 3 is 2.74 bits per heavy atom. The molecule has 0 bridgehead atoms. The lowest BCUT2D eigenvalue weighted by Crippen LogP contribution is -2.53. The predicted molar refractivity (Wildman–Crippen MR) is 76.0 cm³/mol. The number of halogens is 1. The quantitative estimate of drug-likeness (QED) is 0.887. The number of thioether (sulfide) groups is 1. The number of rotatable bonds is 2. The van der Waals surface area contributed by atoms with Gasteiger partial charge in [-0.3, -0.25) is 5.43 Å². The first-order chi connectivity index (χ1) is 9.15. The second-order valence-electron chi connectivity index (χ2n) is 4.35. The van der Waals surface area contributed by atoms with Gasteiger partial charge >= 0.3 is 0 Å². The van der Waals surface area contributed by atoms with Gasteiger partial charge in [0.25, 0.3) is 0 Å². The van der Waals surface area contributed by atoms with Crippen LogP contribution in [0.15, 0.2) is 34.8 Å². The van der Waals surface area contributed by atoms with Gasteiger partial charge in [-0.05, 0) is 19.1 Å². The first-order valence-corrected chi connectivity index (χ1v) is 7.09. The Morgan fingerprint density at radius 1 is 1.32 bits per heavy atom. The molecule has 1 aromatic carbocycles. The van der Waals surface area contributed by atoms with Crippen LogP contribution in [0.1, 0.15) is 24.4 Å². The van der Waals surface area contributed by atoms with E-state index >= 15 is 0 Å². The molecular weight excluding hydrogens is 282 g/mol. The fourth-order valence-electron chi connectivity index (χ4n) is 1.80. The Morgan fingerprint density at radius 2 is 2.05 bits per heavy atom. The van der Waals surface area contributed by atoms with Gasteiger partial charge in [-0.15, -0.1) is 10.2 Å². The van der Waals surface area contributed by atoms with Gasteiger partial charge in [0.05, 0.1) is 5.70 Å². The Kier molecular flexibility index (Phi) is 3.22. The molecule has 2 aromatic rings. The number of aromatic nitrogens is 3. The second kappa shape index (κ2) is 4.88. The van der Waals surface area contributed by atoms with Crippen molar-refractivity contribution < 1.29 is 5.73 Å². The van der Waals surface area contributed by atoms with Crippen LogP contribution in [-0.4, -0.2) is 14.9 Å². The largest absolute Gasteiger partial charge is 0.349 e. The van der Waals surface area contributed by atoms with Gasteiger partial charge in [-0.25, -0.2) is 4.68 Å². The standard InChI is InChI=1S/C12H12ClN5S/c1-7(14)11-15-16-12-18(11)17-10(6-19-12)8-2-4-9(13)5-3-8/h2-7,17H,14H2,1H3/p+1/t7-/m0/s1. The summed E-state index contributed by atoms with van der Waals surface area (Å²) in [5.74, 6) is 0.821. The summed E-state index contributed by atoms with van der Waals surface area (Å²) >= 11 is 7.44. The molecule has 2 heterocycles. The minimum absolute atomic E-state index is 0.0684. The second-order valence-corrected chi connectivity index (χ2v) is 5.62. The number of nitrogens with zero attached hydrogens (tertiary/aromatic N) is 3. The van der Waals surface area contributed by atoms with Gasteiger partial charge in [0, 0.05) is 16.0 Å². The highest BCUT2D eigenvalue weighted by Gasteiger charge is 2.21. The molecule has 1 atom stereocenters. The molecule has 0 saturated heterocycles. The van der Waals surface area contributed by atoms with Gasteiger partial charge < -0.3 is 5.73 Å². The minimum atomic E-state index is 0.0684. The van der Waals surface area contributed by atoms with Crippen LogP contribution in [0.3, 0.4) is 0 Å². The first-order valence-electron chi connectivity index (χ1n) is 5.83. The maximum Gasteiger partial charge on any atom is 0.214 e. The van der Waals surface area contributed by atoms with Crippen molar-refractivity contribution in [2.75, 3.05) is 5.43 Å². The Labute approximate surface area is 119 Å². The minimum Gasteiger partial charge on any atom is -0.349 e. The lowest BCUT2D eigenvalue weighted by molar-refractivity contribution is -0.423. The van der Waals surface area contributed by atoms with E-state index in [-0.39, 0.29) is 6.04 Å². The average molecular weight is 295 g/mol. The van der Waals surface area contributed by atoms with Crippen molar-refractivity contribution in [1.82, 2.24) is 14.9 Å². The van der Waals surface area contributed by atoms with Crippen molar-refractivity contribution >= 4 is 29.1 Å². The monoisotopic (exact) mass is 294 g/mol. The summed E-state index contributed by atoms with van der Waals surface area (Å²) in [5.41, 5.74) is 9.37. The van der Waals surface area contributed by atoms with E-state index in [0.29, 0.717) is 0 Å². The van der Waals surface area contributed by atoms with Gasteiger partial charge in [0.1, 0.15) is 6.04 Å². The van der Waals surface area contributed by atoms with Crippen molar-refractivity contribution in [3.63, 3.8) is 0 Å². The van der Waals surface area contributed by atoms with E-state index in [9.17, 15) is 0 Å². The number of hydrogen-bond donors (Lipinski definition) is 2. The third-order valence-electron chi connectivity index (χ3n) is 2.77. The van der Waals surface area contributed by atoms with Gasteiger partial charge in [-0.1, -0.05) is 35.5 Å². The number of quaternary nitrogens is 1. The van der Waals surface area contributed by atoms with Crippen LogP contribution in [0.2, 0.25) is 5.02 Å². The summed E-state index contributed by atoms with van der Waals surface area (Å²) in [6.07, 6.45) is 0. The van der Waals surface area contributed by atoms with Crippen LogP contribution < -0.4 is 11.2 Å². The summed E-state index contributed by atoms with van der Waals surface area (Å²) in [6, 6.07) is 7.76. The van der Waals surface area contributed by atoms with Crippen molar-refractivity contribution in [2.45, 2.75) is 18.1 Å². The Bertz CT molecular complexity index is 632. The molecule has 98 valence electrons. The number of nitrogens with one attached hydrogen (secondary N) is 1. The number of benzene rings is 1. The molecule has 5 nitrogen and oxygen atoms in total. The first kappa shape index (κ1) is 12.5. The van der Waals surface area contributed by atoms with E-state index in [1.807, 2.05) is 41.3 Å². The van der Waals surface area contributed by atoms with E-state index in [4.69, 9.17) is 11.6 Å². The topological polar surface area (TPSA) is 70.4 Å². The molecule has 0 unspecified atom stereocenters. The smallest absolute Gasteiger partial charge is 0.214 e. The van der Waals surface area contributed by atoms with Crippen LogP contribution in [-0.2, 0) is 0 Å². The number of hydrogen-bond acceptors (Lipinski definition) is 4. The Hall–Kier alpha value is -1.50. The van der Waals surface area contributed by atoms with E-state index in [0.717, 1.165) is 27.3 Å². The molecule has 1 aliphatic rings. The lowest BCUT2D eigenvalue weighted by Gasteiger charge is -2.19. The summed E-state index contributed by atoms with van der Waals surface area (Å²) in [6.45, 7) is 1.99. The zero-order chi connectivity index (χ0) is 13.4. The average Bonchev–Trinajstić information content (AvgIpc) is 2.82. The number of fused-ring (bicyclic) bond motifs is 1. The molecule has 0 aliphatic carbocycles. The highest BCUT2D eigenvalue weighted by molar-refractivity contribution is 8.02. The zero-order valence-electron chi connectivity index (χ0n) is 10.3. The highest BCUT2D eigenvalue weighted by Crippen LogP contribution is 2.29. The molecule has 1 aromatic heterocycles. The maximum atomic E-state index is 5.90. The summed E-state index contributed by atoms with van der Waals surface area (Å²) in [7, 11) is 0. The van der Waals surface area contributed by atoms with Crippen molar-refractivity contribution in [1.29, 1.82) is 0 Å². The van der Waals surface area contributed by atoms with Gasteiger partial charge in [-0.2, -0.15) is 0 Å². The summed E-state index contributed by atoms with van der Waals surface area (Å²) in [5, 5.41) is 11.8. The highest BCUT2D eigenvalue weighted by atomic mass is 35.5. The van der Waals surface area contributed by atoms with E-state index in [2.05, 4.69) is 21.4 Å². The predicted octanol–water partition coefficient (Wildman–Crippen LogP) is 1.88. The van der Waals surface area contributed by atoms with E-state index < -0.39 is 0 Å². The molecule has 1 aliphatic heterocycles. The van der Waals surface area contributed by atoms with E-state index in [1.54, 1.807) is 0 Å². The summed E-state index contributed by atoms with van der Waals surface area (Å²) in [4.78, 5) is 0. The SMILES string of the molecule is C[C@H]([NH3+])c1nnc2n1NC(c1ccc(Cl)cc1)=CS2. The summed E-state index contributed by atoms with van der Waals surface area (Å²) < 4.78 is 1.88. The zero-order valence-corrected chi connectivity index (χ0v) is 11.9. The molecule has 4 N–H and O–H groups in total. The third-order valence-corrected chi connectivity index (χ3v) is 3.85. The third kappa shape index (κ3) is 2.34. The van der Waals surface area contributed by atoms with Gasteiger partial charge in [0.15, 0.2) is 0 Å². The van der Waals surface area contributed by atoms with Crippen molar-refractivity contribution in [3.05, 3.63) is 46.1 Å². The van der Waals surface area contributed by atoms with Crippen LogP contribution in [0.5, 0.6) is 0 Å². The van der Waals surface area contributed by atoms with Crippen molar-refractivity contribution in [3.8, 4) is 0 Å². The van der Waals surface area contributed by atoms with E-state index in [1.165, 1.54) is 11.8 Å².